The van der Waals surface area contributed by atoms with Gasteiger partial charge in [0.15, 0.2) is 0 Å². The van der Waals surface area contributed by atoms with Crippen molar-refractivity contribution in [3.05, 3.63) is 60.8 Å². The van der Waals surface area contributed by atoms with Crippen LogP contribution in [0.4, 0.5) is 11.4 Å². The highest BCUT2D eigenvalue weighted by Gasteiger charge is 2.24. The summed E-state index contributed by atoms with van der Waals surface area (Å²) in [6, 6.07) is 16.8. The Morgan fingerprint density at radius 3 is 2.05 bits per heavy atom. The van der Waals surface area contributed by atoms with Gasteiger partial charge in [0.1, 0.15) is 4.99 Å². The molecule has 1 aliphatic rings. The fourth-order valence-corrected chi connectivity index (χ4v) is 3.54. The van der Waals surface area contributed by atoms with Gasteiger partial charge in [-0.15, -0.1) is 0 Å². The zero-order valence-electron chi connectivity index (χ0n) is 12.0. The van der Waals surface area contributed by atoms with Crippen molar-refractivity contribution in [1.29, 1.82) is 0 Å². The molecule has 4 heteroatoms. The normalized spacial score (nSPS) is 13.0. The molecule has 3 rings (SSSR count). The largest absolute Gasteiger partial charge is 0.383 e. The molecule has 0 amide bonds. The van der Waals surface area contributed by atoms with Crippen molar-refractivity contribution >= 4 is 40.3 Å². The number of hydrogen-bond donors (Lipinski definition) is 0. The summed E-state index contributed by atoms with van der Waals surface area (Å²) in [5.74, 6) is 0. The number of rotatable bonds is 2. The Morgan fingerprint density at radius 1 is 1.00 bits per heavy atom. The van der Waals surface area contributed by atoms with E-state index in [1.54, 1.807) is 11.8 Å². The van der Waals surface area contributed by atoms with Crippen molar-refractivity contribution in [1.82, 2.24) is 4.90 Å². The number of benzene rings is 2. The van der Waals surface area contributed by atoms with E-state index in [1.165, 1.54) is 9.79 Å². The predicted molar refractivity (Wildman–Crippen MR) is 94.6 cm³/mol. The fourth-order valence-electron chi connectivity index (χ4n) is 2.23. The molecule has 0 aliphatic carbocycles. The molecule has 2 aromatic rings. The molecule has 0 saturated heterocycles. The predicted octanol–water partition coefficient (Wildman–Crippen LogP) is 4.69. The summed E-state index contributed by atoms with van der Waals surface area (Å²) in [5.41, 5.74) is 2.30. The SMILES string of the molecule is CN(C)C=CC(=S)N1c2ccccc2Sc2ccccc21. The van der Waals surface area contributed by atoms with E-state index in [4.69, 9.17) is 12.2 Å². The standard InChI is InChI=1S/C17H16N2S2/c1-18(2)12-11-17(20)19-13-7-3-5-9-15(13)21-16-10-6-4-8-14(16)19/h3-12H,1-2H3. The molecule has 0 N–H and O–H groups in total. The summed E-state index contributed by atoms with van der Waals surface area (Å²) >= 11 is 7.44. The first-order valence-corrected chi connectivity index (χ1v) is 7.94. The maximum atomic E-state index is 5.65. The molecule has 0 spiro atoms. The lowest BCUT2D eigenvalue weighted by Gasteiger charge is -2.32. The van der Waals surface area contributed by atoms with E-state index in [-0.39, 0.29) is 0 Å². The topological polar surface area (TPSA) is 6.48 Å². The molecule has 2 aromatic carbocycles. The molecule has 1 heterocycles. The summed E-state index contributed by atoms with van der Waals surface area (Å²) in [4.78, 5) is 7.40. The van der Waals surface area contributed by atoms with Crippen LogP contribution in [0.3, 0.4) is 0 Å². The Morgan fingerprint density at radius 2 is 1.52 bits per heavy atom. The number of thiocarbonyl (C=S) groups is 1. The van der Waals surface area contributed by atoms with Gasteiger partial charge in [0.25, 0.3) is 0 Å². The Labute approximate surface area is 135 Å². The van der Waals surface area contributed by atoms with Crippen LogP contribution in [0.5, 0.6) is 0 Å². The van der Waals surface area contributed by atoms with Gasteiger partial charge < -0.3 is 4.90 Å². The van der Waals surface area contributed by atoms with Gasteiger partial charge in [0, 0.05) is 30.1 Å². The van der Waals surface area contributed by atoms with Crippen molar-refractivity contribution in [2.24, 2.45) is 0 Å². The van der Waals surface area contributed by atoms with E-state index in [2.05, 4.69) is 53.4 Å². The molecule has 21 heavy (non-hydrogen) atoms. The Kier molecular flexibility index (Phi) is 3.99. The van der Waals surface area contributed by atoms with Gasteiger partial charge in [-0.1, -0.05) is 48.2 Å². The van der Waals surface area contributed by atoms with Crippen LogP contribution in [0.1, 0.15) is 0 Å². The van der Waals surface area contributed by atoms with E-state index in [1.807, 2.05) is 31.3 Å². The van der Waals surface area contributed by atoms with Crippen LogP contribution in [0.25, 0.3) is 0 Å². The molecule has 2 nitrogen and oxygen atoms in total. The molecule has 0 fully saturated rings. The minimum atomic E-state index is 0.795. The van der Waals surface area contributed by atoms with Gasteiger partial charge in [-0.05, 0) is 30.3 Å². The zero-order valence-corrected chi connectivity index (χ0v) is 13.6. The lowest BCUT2D eigenvalue weighted by Crippen LogP contribution is -2.25. The highest BCUT2D eigenvalue weighted by Crippen LogP contribution is 2.48. The highest BCUT2D eigenvalue weighted by molar-refractivity contribution is 7.99. The fraction of sp³-hybridized carbons (Fsp3) is 0.118. The minimum absolute atomic E-state index is 0.795. The van der Waals surface area contributed by atoms with Crippen LogP contribution in [0, 0.1) is 0 Å². The monoisotopic (exact) mass is 312 g/mol. The van der Waals surface area contributed by atoms with Crippen molar-refractivity contribution in [3.8, 4) is 0 Å². The number of fused-ring (bicyclic) bond motifs is 2. The second-order valence-electron chi connectivity index (χ2n) is 4.99. The third kappa shape index (κ3) is 2.82. The molecule has 0 saturated carbocycles. The first kappa shape index (κ1) is 14.2. The summed E-state index contributed by atoms with van der Waals surface area (Å²) in [6.07, 6.45) is 3.95. The van der Waals surface area contributed by atoms with Crippen LogP contribution < -0.4 is 4.90 Å². The minimum Gasteiger partial charge on any atom is -0.383 e. The molecule has 0 unspecified atom stereocenters. The van der Waals surface area contributed by atoms with Crippen LogP contribution in [0.2, 0.25) is 0 Å². The molecule has 0 radical (unpaired) electrons. The van der Waals surface area contributed by atoms with Crippen LogP contribution in [0.15, 0.2) is 70.6 Å². The maximum absolute atomic E-state index is 5.65. The summed E-state index contributed by atoms with van der Waals surface area (Å²) in [7, 11) is 3.99. The maximum Gasteiger partial charge on any atom is 0.112 e. The number of anilines is 2. The first-order valence-electron chi connectivity index (χ1n) is 6.71. The van der Waals surface area contributed by atoms with Crippen LogP contribution >= 0.6 is 24.0 Å². The third-order valence-electron chi connectivity index (χ3n) is 3.17. The van der Waals surface area contributed by atoms with E-state index >= 15 is 0 Å². The molecule has 1 aliphatic heterocycles. The van der Waals surface area contributed by atoms with E-state index in [0.717, 1.165) is 16.4 Å². The molecular formula is C17H16N2S2. The smallest absolute Gasteiger partial charge is 0.112 e. The van der Waals surface area contributed by atoms with Crippen molar-refractivity contribution in [3.63, 3.8) is 0 Å². The summed E-state index contributed by atoms with van der Waals surface area (Å²) in [5, 5.41) is 0. The Hall–Kier alpha value is -1.78. The first-order chi connectivity index (χ1) is 10.2. The number of nitrogens with zero attached hydrogens (tertiary/aromatic N) is 2. The lowest BCUT2D eigenvalue weighted by molar-refractivity contribution is 0.564. The van der Waals surface area contributed by atoms with Gasteiger partial charge in [-0.3, -0.25) is 4.90 Å². The van der Waals surface area contributed by atoms with Gasteiger partial charge in [0.05, 0.1) is 11.4 Å². The molecule has 106 valence electrons. The Bertz CT molecular complexity index is 662. The second-order valence-corrected chi connectivity index (χ2v) is 6.49. The second kappa shape index (κ2) is 5.92. The van der Waals surface area contributed by atoms with Crippen molar-refractivity contribution in [2.45, 2.75) is 9.79 Å². The van der Waals surface area contributed by atoms with Gasteiger partial charge in [-0.2, -0.15) is 0 Å². The average molecular weight is 312 g/mol. The molecule has 0 aromatic heterocycles. The van der Waals surface area contributed by atoms with Gasteiger partial charge in [0.2, 0.25) is 0 Å². The molecule has 0 atom stereocenters. The quantitative estimate of drug-likeness (QED) is 0.586. The highest BCUT2D eigenvalue weighted by atomic mass is 32.2. The van der Waals surface area contributed by atoms with Crippen molar-refractivity contribution in [2.75, 3.05) is 19.0 Å². The van der Waals surface area contributed by atoms with E-state index in [0.29, 0.717) is 0 Å². The van der Waals surface area contributed by atoms with Gasteiger partial charge in [-0.25, -0.2) is 0 Å². The number of para-hydroxylation sites is 2. The van der Waals surface area contributed by atoms with Crippen LogP contribution in [-0.4, -0.2) is 24.0 Å². The Balaban J connectivity index is 2.08. The number of hydrogen-bond acceptors (Lipinski definition) is 3. The van der Waals surface area contributed by atoms with E-state index < -0.39 is 0 Å². The molecular weight excluding hydrogens is 296 g/mol. The lowest BCUT2D eigenvalue weighted by atomic mass is 10.2. The van der Waals surface area contributed by atoms with E-state index in [9.17, 15) is 0 Å². The third-order valence-corrected chi connectivity index (χ3v) is 4.62. The van der Waals surface area contributed by atoms with Gasteiger partial charge >= 0.3 is 0 Å². The zero-order chi connectivity index (χ0) is 14.8. The molecule has 0 bridgehead atoms. The van der Waals surface area contributed by atoms with Crippen molar-refractivity contribution < 1.29 is 0 Å². The summed E-state index contributed by atoms with van der Waals surface area (Å²) < 4.78 is 0. The average Bonchev–Trinajstić information content (AvgIpc) is 2.50. The van der Waals surface area contributed by atoms with Crippen LogP contribution in [-0.2, 0) is 0 Å². The summed E-state index contributed by atoms with van der Waals surface area (Å²) in [6.45, 7) is 0.